The number of aryl methyl sites for hydroxylation is 4. The second-order valence-electron chi connectivity index (χ2n) is 15.1. The van der Waals surface area contributed by atoms with Crippen molar-refractivity contribution >= 4 is 35.1 Å². The number of nitrogens with one attached hydrogen (secondary N) is 2. The number of esters is 1. The number of carbonyl (C=O) groups excluding carboxylic acids is 4. The molecule has 0 aliphatic heterocycles. The van der Waals surface area contributed by atoms with Crippen LogP contribution in [0, 0.1) is 27.7 Å². The van der Waals surface area contributed by atoms with Crippen molar-refractivity contribution in [3.63, 3.8) is 0 Å². The van der Waals surface area contributed by atoms with Crippen LogP contribution in [0.1, 0.15) is 78.1 Å². The Morgan fingerprint density at radius 3 is 1.31 bits per heavy atom. The third-order valence-electron chi connectivity index (χ3n) is 9.91. The summed E-state index contributed by atoms with van der Waals surface area (Å²) in [4.78, 5) is 66.8. The predicted molar refractivity (Wildman–Crippen MR) is 253 cm³/mol. The van der Waals surface area contributed by atoms with Crippen LogP contribution in [-0.4, -0.2) is 90.9 Å². The number of halogens is 6. The fourth-order valence-electron chi connectivity index (χ4n) is 6.50. The predicted octanol–water partition coefficient (Wildman–Crippen LogP) is 9.77. The van der Waals surface area contributed by atoms with Crippen LogP contribution in [0.2, 0.25) is 0 Å². The lowest BCUT2D eigenvalue weighted by atomic mass is 10.1. The maximum absolute atomic E-state index is 13.5. The number of amides is 3. The average molecular weight is 1060 g/mol. The summed E-state index contributed by atoms with van der Waals surface area (Å²) in [7, 11) is 3.67. The third kappa shape index (κ3) is 15.0. The van der Waals surface area contributed by atoms with Crippen LogP contribution in [0.3, 0.4) is 0 Å². The van der Waals surface area contributed by atoms with E-state index in [-0.39, 0.29) is 93.1 Å². The van der Waals surface area contributed by atoms with Gasteiger partial charge in [-0.15, -0.1) is 26.3 Å². The van der Waals surface area contributed by atoms with Crippen molar-refractivity contribution in [2.45, 2.75) is 54.3 Å². The van der Waals surface area contributed by atoms with Gasteiger partial charge in [-0.3, -0.25) is 29.3 Å². The molecular formula is C49H47F6N7O13. The zero-order chi connectivity index (χ0) is 55.4. The molecule has 0 radical (unpaired) electrons. The van der Waals surface area contributed by atoms with E-state index in [1.54, 1.807) is 41.5 Å². The van der Waals surface area contributed by atoms with Crippen LogP contribution in [0.15, 0.2) is 73.3 Å². The highest BCUT2D eigenvalue weighted by molar-refractivity contribution is 6.10. The lowest BCUT2D eigenvalue weighted by Gasteiger charge is -2.18. The number of pyridine rings is 4. The molecule has 3 amide bonds. The van der Waals surface area contributed by atoms with Gasteiger partial charge >= 0.3 is 18.7 Å². The molecule has 20 nitrogen and oxygen atoms in total. The highest BCUT2D eigenvalue weighted by Crippen LogP contribution is 2.42. The standard InChI is InChI=1S/C25H24F3N3O7.C24H23F3N4O6/c1-6-36-22-14(3)29-12-20(37-18-8-7-15(9-19(18)34-4)38-25(26,27)28)21(22)23(32)31-16-10-17(24(33)35-5)30-11-13(16)2;1-5-35-21-13(3)29-11-19(36-17-7-6-14(8-18(17)34-4)37-24(25,26)27)20(21)23(33)31-15-9-16(22(28)32)30-10-12(15)2/h7-12H,6H2,1-5H3,(H,30,31,32);6-11H,5H2,1-4H3,(H2,28,32)(H,30,31,33). The molecule has 0 spiro atoms. The lowest BCUT2D eigenvalue weighted by molar-refractivity contribution is -0.275. The average Bonchev–Trinajstić information content (AvgIpc) is 3.34. The minimum Gasteiger partial charge on any atom is -0.493 e. The number of carbonyl (C=O) groups is 4. The first-order valence-electron chi connectivity index (χ1n) is 21.8. The summed E-state index contributed by atoms with van der Waals surface area (Å²) in [6, 6.07) is 9.10. The van der Waals surface area contributed by atoms with Gasteiger partial charge in [-0.05, 0) is 89.1 Å². The largest absolute Gasteiger partial charge is 0.573 e. The van der Waals surface area contributed by atoms with Crippen LogP contribution in [0.5, 0.6) is 57.5 Å². The van der Waals surface area contributed by atoms with Gasteiger partial charge in [0.2, 0.25) is 0 Å². The number of ether oxygens (including phenoxy) is 9. The summed E-state index contributed by atoms with van der Waals surface area (Å²) in [5.74, 6) is -3.98. The summed E-state index contributed by atoms with van der Waals surface area (Å²) >= 11 is 0. The molecule has 0 unspecified atom stereocenters. The molecule has 4 heterocycles. The van der Waals surface area contributed by atoms with Crippen molar-refractivity contribution < 1.29 is 88.2 Å². The summed E-state index contributed by atoms with van der Waals surface area (Å²) < 4.78 is 122. The summed E-state index contributed by atoms with van der Waals surface area (Å²) in [6.45, 7) is 10.4. The molecule has 2 aromatic carbocycles. The number of anilines is 2. The molecule has 0 saturated heterocycles. The molecule has 0 atom stereocenters. The van der Waals surface area contributed by atoms with Crippen molar-refractivity contribution in [1.29, 1.82) is 0 Å². The van der Waals surface area contributed by atoms with Gasteiger partial charge in [0.1, 0.15) is 34.0 Å². The number of hydrogen-bond donors (Lipinski definition) is 3. The Kier molecular flexibility index (Phi) is 18.6. The van der Waals surface area contributed by atoms with Gasteiger partial charge in [0.15, 0.2) is 46.0 Å². The van der Waals surface area contributed by atoms with E-state index in [0.717, 1.165) is 24.3 Å². The van der Waals surface area contributed by atoms with E-state index in [2.05, 4.69) is 44.8 Å². The molecule has 6 rings (SSSR count). The second-order valence-corrected chi connectivity index (χ2v) is 15.1. The molecule has 0 fully saturated rings. The molecule has 26 heteroatoms. The summed E-state index contributed by atoms with van der Waals surface area (Å²) in [5.41, 5.74) is 7.52. The first kappa shape index (κ1) is 56.8. The van der Waals surface area contributed by atoms with Gasteiger partial charge in [-0.1, -0.05) is 0 Å². The van der Waals surface area contributed by atoms with Gasteiger partial charge in [0.25, 0.3) is 17.7 Å². The minimum absolute atomic E-state index is 0.0164. The number of methoxy groups -OCH3 is 3. The van der Waals surface area contributed by atoms with E-state index in [9.17, 15) is 45.5 Å². The minimum atomic E-state index is -4.90. The third-order valence-corrected chi connectivity index (χ3v) is 9.91. The lowest BCUT2D eigenvalue weighted by Crippen LogP contribution is -2.19. The summed E-state index contributed by atoms with van der Waals surface area (Å²) in [5, 5.41) is 5.40. The highest BCUT2D eigenvalue weighted by Gasteiger charge is 2.33. The monoisotopic (exact) mass is 1060 g/mol. The number of benzene rings is 2. The normalized spacial score (nSPS) is 11.0. The molecule has 75 heavy (non-hydrogen) atoms. The molecule has 4 aromatic heterocycles. The maximum atomic E-state index is 13.5. The maximum Gasteiger partial charge on any atom is 0.573 e. The fraction of sp³-hybridized carbons (Fsp3) is 0.265. The number of primary amides is 1. The first-order valence-corrected chi connectivity index (χ1v) is 21.8. The molecule has 6 aromatic rings. The Bertz CT molecular complexity index is 3080. The molecule has 0 aliphatic carbocycles. The van der Waals surface area contributed by atoms with Crippen LogP contribution in [0.4, 0.5) is 37.7 Å². The SMILES string of the molecule is CCOc1c(C)ncc(Oc2ccc(OC(F)(F)F)cc2OC)c1C(=O)Nc1cc(C(=O)OC)ncc1C.CCOc1c(C)ncc(Oc2ccc(OC(F)(F)F)cc2OC)c1C(=O)Nc1cc(C(N)=O)ncc1C. The van der Waals surface area contributed by atoms with E-state index in [1.807, 2.05) is 0 Å². The second kappa shape index (κ2) is 24.5. The van der Waals surface area contributed by atoms with E-state index < -0.39 is 47.9 Å². The Labute approximate surface area is 423 Å². The zero-order valence-electron chi connectivity index (χ0n) is 41.3. The fourth-order valence-corrected chi connectivity index (χ4v) is 6.50. The first-order chi connectivity index (χ1) is 35.4. The van der Waals surface area contributed by atoms with Gasteiger partial charge < -0.3 is 59.0 Å². The molecule has 4 N–H and O–H groups in total. The van der Waals surface area contributed by atoms with E-state index in [1.165, 1.54) is 70.4 Å². The van der Waals surface area contributed by atoms with E-state index >= 15 is 0 Å². The number of aromatic nitrogens is 4. The van der Waals surface area contributed by atoms with Crippen LogP contribution in [-0.2, 0) is 4.74 Å². The smallest absolute Gasteiger partial charge is 0.493 e. The van der Waals surface area contributed by atoms with Crippen molar-refractivity contribution in [1.82, 2.24) is 19.9 Å². The van der Waals surface area contributed by atoms with Crippen molar-refractivity contribution in [2.24, 2.45) is 5.73 Å². The van der Waals surface area contributed by atoms with Crippen molar-refractivity contribution in [2.75, 3.05) is 45.2 Å². The Balaban J connectivity index is 0.000000277. The van der Waals surface area contributed by atoms with E-state index in [4.69, 9.17) is 34.2 Å². The van der Waals surface area contributed by atoms with Gasteiger partial charge in [-0.25, -0.2) is 9.78 Å². The van der Waals surface area contributed by atoms with E-state index in [0.29, 0.717) is 22.5 Å². The molecule has 398 valence electrons. The number of hydrogen-bond acceptors (Lipinski definition) is 17. The topological polar surface area (TPSA) is 253 Å². The highest BCUT2D eigenvalue weighted by atomic mass is 19.4. The number of alkyl halides is 6. The molecular weight excluding hydrogens is 1010 g/mol. The van der Waals surface area contributed by atoms with Crippen LogP contribution in [0.25, 0.3) is 0 Å². The van der Waals surface area contributed by atoms with Crippen molar-refractivity contribution in [3.05, 3.63) is 118 Å². The molecule has 0 aliphatic rings. The quantitative estimate of drug-likeness (QED) is 0.0535. The Morgan fingerprint density at radius 2 is 0.947 bits per heavy atom. The number of nitrogens with zero attached hydrogens (tertiary/aromatic N) is 4. The molecule has 0 bridgehead atoms. The number of nitrogens with two attached hydrogens (primary N) is 1. The summed E-state index contributed by atoms with van der Waals surface area (Å²) in [6.07, 6.45) is -4.48. The Hall–Kier alpha value is -9.10. The van der Waals surface area contributed by atoms with Crippen molar-refractivity contribution in [3.8, 4) is 57.5 Å². The Morgan fingerprint density at radius 1 is 0.547 bits per heavy atom. The zero-order valence-corrected chi connectivity index (χ0v) is 41.3. The number of rotatable bonds is 18. The van der Waals surface area contributed by atoms with Gasteiger partial charge in [0, 0.05) is 35.9 Å². The van der Waals surface area contributed by atoms with Gasteiger partial charge in [0.05, 0.1) is 58.3 Å². The van der Waals surface area contributed by atoms with Crippen LogP contribution < -0.4 is 54.3 Å². The van der Waals surface area contributed by atoms with Crippen LogP contribution >= 0.6 is 0 Å². The molecule has 0 saturated carbocycles. The van der Waals surface area contributed by atoms with Gasteiger partial charge in [-0.2, -0.15) is 0 Å².